The molecule has 2 atom stereocenters. The Morgan fingerprint density at radius 1 is 1.29 bits per heavy atom. The summed E-state index contributed by atoms with van der Waals surface area (Å²) >= 11 is 2.04. The van der Waals surface area contributed by atoms with Gasteiger partial charge in [0.05, 0.1) is 0 Å². The zero-order valence-electron chi connectivity index (χ0n) is 9.43. The van der Waals surface area contributed by atoms with Crippen molar-refractivity contribution >= 4 is 17.5 Å². The van der Waals surface area contributed by atoms with Crippen molar-refractivity contribution in [3.63, 3.8) is 0 Å². The molecule has 90 valence electrons. The summed E-state index contributed by atoms with van der Waals surface area (Å²) in [6.45, 7) is 0. The molecule has 0 radical (unpaired) electrons. The Morgan fingerprint density at radius 2 is 2.00 bits per heavy atom. The van der Waals surface area contributed by atoms with Gasteiger partial charge in [0, 0.05) is 28.2 Å². The Hall–Kier alpha value is -0.900. The molecule has 0 aromatic carbocycles. The summed E-state index contributed by atoms with van der Waals surface area (Å²) in [6, 6.07) is 2.81. The number of hydrogen-bond acceptors (Lipinski definition) is 3. The van der Waals surface area contributed by atoms with Gasteiger partial charge in [-0.05, 0) is 37.8 Å². The summed E-state index contributed by atoms with van der Waals surface area (Å²) in [4.78, 5) is 15.8. The molecule has 0 amide bonds. The fourth-order valence-electron chi connectivity index (χ4n) is 2.83. The molecule has 0 saturated carbocycles. The van der Waals surface area contributed by atoms with Crippen molar-refractivity contribution in [2.75, 3.05) is 0 Å². The molecule has 2 aliphatic heterocycles. The van der Waals surface area contributed by atoms with Crippen LogP contribution < -0.4 is 0 Å². The lowest BCUT2D eigenvalue weighted by Crippen LogP contribution is -2.24. The minimum absolute atomic E-state index is 0.126. The molecule has 2 fully saturated rings. The van der Waals surface area contributed by atoms with Gasteiger partial charge < -0.3 is 0 Å². The van der Waals surface area contributed by atoms with Crippen LogP contribution in [0.3, 0.4) is 0 Å². The lowest BCUT2D eigenvalue weighted by molar-refractivity contribution is 0.0906. The Balaban J connectivity index is 1.76. The number of nitrogens with zero attached hydrogens (tertiary/aromatic N) is 1. The summed E-state index contributed by atoms with van der Waals surface area (Å²) in [5, 5.41) is 1.33. The number of carbonyl (C=O) groups is 1. The minimum Gasteiger partial charge on any atom is -0.294 e. The second-order valence-corrected chi connectivity index (χ2v) is 6.47. The molecular formula is C13H14FNOS. The van der Waals surface area contributed by atoms with Crippen molar-refractivity contribution in [3.8, 4) is 0 Å². The second kappa shape index (κ2) is 4.41. The van der Waals surface area contributed by atoms with E-state index >= 15 is 0 Å². The highest BCUT2D eigenvalue weighted by Crippen LogP contribution is 2.46. The number of hydrogen-bond donors (Lipinski definition) is 0. The predicted octanol–water partition coefficient (Wildman–Crippen LogP) is 3.08. The summed E-state index contributed by atoms with van der Waals surface area (Å²) in [7, 11) is 0. The molecule has 17 heavy (non-hydrogen) atoms. The fraction of sp³-hybridized carbons (Fsp3) is 0.538. The third kappa shape index (κ3) is 2.23. The van der Waals surface area contributed by atoms with E-state index in [0.717, 1.165) is 12.8 Å². The molecule has 4 heteroatoms. The van der Waals surface area contributed by atoms with Crippen LogP contribution in [0, 0.1) is 11.9 Å². The van der Waals surface area contributed by atoms with Crippen molar-refractivity contribution in [1.82, 2.24) is 4.98 Å². The number of aromatic nitrogens is 1. The zero-order chi connectivity index (χ0) is 11.8. The maximum atomic E-state index is 12.7. The molecule has 3 rings (SSSR count). The number of carbonyl (C=O) groups excluding carboxylic acids is 1. The van der Waals surface area contributed by atoms with Crippen molar-refractivity contribution in [1.29, 1.82) is 0 Å². The number of thioether (sulfide) groups is 1. The smallest absolute Gasteiger partial charge is 0.212 e. The molecule has 3 heterocycles. The van der Waals surface area contributed by atoms with E-state index in [1.165, 1.54) is 25.1 Å². The molecule has 1 aromatic heterocycles. The Morgan fingerprint density at radius 3 is 2.59 bits per heavy atom. The maximum Gasteiger partial charge on any atom is 0.212 e. The van der Waals surface area contributed by atoms with Crippen LogP contribution in [0.2, 0.25) is 0 Å². The van der Waals surface area contributed by atoms with E-state index < -0.39 is 5.95 Å². The molecule has 2 unspecified atom stereocenters. The molecule has 0 aliphatic carbocycles. The maximum absolute atomic E-state index is 12.7. The Kier molecular flexibility index (Phi) is 2.90. The van der Waals surface area contributed by atoms with Crippen molar-refractivity contribution in [3.05, 3.63) is 29.8 Å². The first-order valence-corrected chi connectivity index (χ1v) is 6.98. The quantitative estimate of drug-likeness (QED) is 0.597. The van der Waals surface area contributed by atoms with Gasteiger partial charge in [-0.15, -0.1) is 0 Å². The van der Waals surface area contributed by atoms with E-state index in [2.05, 4.69) is 4.98 Å². The third-order valence-corrected chi connectivity index (χ3v) is 5.30. The van der Waals surface area contributed by atoms with E-state index in [1.54, 1.807) is 6.07 Å². The highest BCUT2D eigenvalue weighted by atomic mass is 32.2. The van der Waals surface area contributed by atoms with Crippen LogP contribution in [0.25, 0.3) is 0 Å². The van der Waals surface area contributed by atoms with E-state index in [1.807, 2.05) is 11.8 Å². The van der Waals surface area contributed by atoms with Crippen molar-refractivity contribution in [2.24, 2.45) is 5.92 Å². The topological polar surface area (TPSA) is 30.0 Å². The normalized spacial score (nSPS) is 31.5. The zero-order valence-corrected chi connectivity index (χ0v) is 10.3. The van der Waals surface area contributed by atoms with E-state index in [0.29, 0.717) is 16.1 Å². The second-order valence-electron chi connectivity index (χ2n) is 4.86. The molecule has 2 aliphatic rings. The largest absolute Gasteiger partial charge is 0.294 e. The number of ketones is 1. The Bertz CT molecular complexity index is 422. The summed E-state index contributed by atoms with van der Waals surface area (Å²) in [6.07, 6.45) is 5.83. The molecule has 2 nitrogen and oxygen atoms in total. The lowest BCUT2D eigenvalue weighted by atomic mass is 9.91. The molecular weight excluding hydrogens is 237 g/mol. The minimum atomic E-state index is -0.527. The number of Topliss-reactive ketones (excluding diaryl/α,β-unsaturated/α-hetero) is 1. The van der Waals surface area contributed by atoms with Gasteiger partial charge in [-0.3, -0.25) is 4.79 Å². The summed E-state index contributed by atoms with van der Waals surface area (Å²) in [5.41, 5.74) is 0.558. The van der Waals surface area contributed by atoms with Crippen LogP contribution in [-0.2, 0) is 0 Å². The Labute approximate surface area is 104 Å². The molecule has 2 bridgehead atoms. The van der Waals surface area contributed by atoms with Crippen molar-refractivity contribution < 1.29 is 9.18 Å². The number of fused-ring (bicyclic) bond motifs is 2. The number of rotatable bonds is 2. The predicted molar refractivity (Wildman–Crippen MR) is 65.7 cm³/mol. The van der Waals surface area contributed by atoms with Crippen molar-refractivity contribution in [2.45, 2.75) is 36.2 Å². The molecule has 0 N–H and O–H groups in total. The summed E-state index contributed by atoms with van der Waals surface area (Å²) in [5.74, 6) is -0.253. The first-order valence-electron chi connectivity index (χ1n) is 6.03. The van der Waals surface area contributed by atoms with E-state index in [9.17, 15) is 9.18 Å². The van der Waals surface area contributed by atoms with Crippen LogP contribution in [-0.4, -0.2) is 21.3 Å². The van der Waals surface area contributed by atoms with E-state index in [-0.39, 0.29) is 11.7 Å². The van der Waals surface area contributed by atoms with E-state index in [4.69, 9.17) is 0 Å². The van der Waals surface area contributed by atoms with Gasteiger partial charge in [0.15, 0.2) is 5.78 Å². The number of pyridine rings is 1. The average molecular weight is 251 g/mol. The van der Waals surface area contributed by atoms with Crippen LogP contribution in [0.15, 0.2) is 18.3 Å². The van der Waals surface area contributed by atoms with Gasteiger partial charge in [-0.2, -0.15) is 16.2 Å². The van der Waals surface area contributed by atoms with Crippen LogP contribution in [0.5, 0.6) is 0 Å². The number of halogens is 1. The third-order valence-electron chi connectivity index (χ3n) is 3.67. The average Bonchev–Trinajstić information content (AvgIpc) is 2.68. The van der Waals surface area contributed by atoms with Crippen LogP contribution in [0.1, 0.15) is 36.0 Å². The van der Waals surface area contributed by atoms with Gasteiger partial charge in [0.25, 0.3) is 0 Å². The van der Waals surface area contributed by atoms with Gasteiger partial charge in [0.1, 0.15) is 0 Å². The highest BCUT2D eigenvalue weighted by Gasteiger charge is 2.37. The summed E-state index contributed by atoms with van der Waals surface area (Å²) < 4.78 is 12.7. The van der Waals surface area contributed by atoms with Gasteiger partial charge in [-0.25, -0.2) is 4.98 Å². The fourth-order valence-corrected chi connectivity index (χ4v) is 4.60. The monoisotopic (exact) mass is 251 g/mol. The standard InChI is InChI=1S/C13H14FNOS/c14-12-4-1-8(7-15-12)13(16)9-5-10-2-3-11(6-9)17-10/h1,4,7,9-11H,2-3,5-6H2. The molecule has 2 saturated heterocycles. The van der Waals surface area contributed by atoms with Crippen LogP contribution in [0.4, 0.5) is 4.39 Å². The molecule has 1 aromatic rings. The highest BCUT2D eigenvalue weighted by molar-refractivity contribution is 8.00. The first-order chi connectivity index (χ1) is 8.22. The first kappa shape index (κ1) is 11.2. The lowest BCUT2D eigenvalue weighted by Gasteiger charge is -2.26. The van der Waals surface area contributed by atoms with Gasteiger partial charge in [-0.1, -0.05) is 0 Å². The van der Waals surface area contributed by atoms with Gasteiger partial charge >= 0.3 is 0 Å². The van der Waals surface area contributed by atoms with Crippen LogP contribution >= 0.6 is 11.8 Å². The van der Waals surface area contributed by atoms with Gasteiger partial charge in [0.2, 0.25) is 5.95 Å². The SMILES string of the molecule is O=C(c1ccc(F)nc1)C1CC2CCC(C1)S2. The molecule has 0 spiro atoms.